The number of hydrogen-bond donors (Lipinski definition) is 0. The molecule has 2 rings (SSSR count). The van der Waals surface area contributed by atoms with Gasteiger partial charge >= 0.3 is 0 Å². The molecule has 0 saturated heterocycles. The summed E-state index contributed by atoms with van der Waals surface area (Å²) < 4.78 is 5.54. The van der Waals surface area contributed by atoms with Crippen LogP contribution in [0.4, 0.5) is 0 Å². The number of fused-ring (bicyclic) bond motifs is 1. The Hall–Kier alpha value is -0.990. The van der Waals surface area contributed by atoms with Crippen molar-refractivity contribution in [1.82, 2.24) is 0 Å². The third-order valence-corrected chi connectivity index (χ3v) is 2.74. The molecule has 2 aromatic carbocycles. The molecule has 0 aliphatic heterocycles. The number of rotatable bonds is 4. The predicted molar refractivity (Wildman–Crippen MR) is 67.1 cm³/mol. The summed E-state index contributed by atoms with van der Waals surface area (Å²) in [7, 11) is 0. The van der Waals surface area contributed by atoms with E-state index in [2.05, 4.69) is 42.5 Å². The summed E-state index contributed by atoms with van der Waals surface area (Å²) in [5, 5.41) is 2.57. The summed E-state index contributed by atoms with van der Waals surface area (Å²) in [6.07, 6.45) is 2.04. The molecule has 0 heterocycles. The molecule has 2 aromatic rings. The molecule has 1 nitrogen and oxygen atoms in total. The maximum absolute atomic E-state index is 5.54. The second kappa shape index (κ2) is 5.19. The number of ether oxygens (including phenoxy) is 1. The van der Waals surface area contributed by atoms with Crippen molar-refractivity contribution in [3.63, 3.8) is 0 Å². The van der Waals surface area contributed by atoms with Crippen LogP contribution in [-0.4, -0.2) is 12.2 Å². The molecule has 0 unspecified atom stereocenters. The van der Waals surface area contributed by atoms with Crippen molar-refractivity contribution in [3.05, 3.63) is 48.0 Å². The van der Waals surface area contributed by atoms with Gasteiger partial charge in [-0.05, 0) is 22.6 Å². The summed E-state index contributed by atoms with van der Waals surface area (Å²) in [5.41, 5.74) is 1.27. The van der Waals surface area contributed by atoms with Crippen LogP contribution in [0.5, 0.6) is 0 Å². The summed E-state index contributed by atoms with van der Waals surface area (Å²) in [5.74, 6) is 0.753. The lowest BCUT2D eigenvalue weighted by molar-refractivity contribution is 0.170. The fraction of sp³-hybridized carbons (Fsp3) is 0.231. The third-order valence-electron chi connectivity index (χ3n) is 2.34. The first-order chi connectivity index (χ1) is 7.42. The highest BCUT2D eigenvalue weighted by Crippen LogP contribution is 2.19. The lowest BCUT2D eigenvalue weighted by Crippen LogP contribution is -1.92. The molecule has 0 fully saturated rings. The molecule has 0 aliphatic rings. The van der Waals surface area contributed by atoms with Crippen molar-refractivity contribution in [3.8, 4) is 0 Å². The first kappa shape index (κ1) is 10.5. The topological polar surface area (TPSA) is 9.23 Å². The van der Waals surface area contributed by atoms with Crippen molar-refractivity contribution in [2.24, 2.45) is 0 Å². The van der Waals surface area contributed by atoms with E-state index in [1.165, 1.54) is 16.3 Å². The normalized spacial score (nSPS) is 10.7. The molecule has 0 radical (unpaired) electrons. The molecule has 0 atom stereocenters. The van der Waals surface area contributed by atoms with Crippen LogP contribution < -0.4 is 0 Å². The second-order valence-electron chi connectivity index (χ2n) is 3.39. The molecule has 0 saturated carbocycles. The molecule has 0 amide bonds. The molecular weight excluding hydrogens is 204 g/mol. The highest BCUT2D eigenvalue weighted by atomic mass is 32.2. The van der Waals surface area contributed by atoms with Crippen LogP contribution in [0.1, 0.15) is 5.56 Å². The summed E-state index contributed by atoms with van der Waals surface area (Å²) in [6.45, 7) is 0.697. The molecule has 0 aromatic heterocycles. The van der Waals surface area contributed by atoms with E-state index in [0.29, 0.717) is 6.61 Å². The van der Waals surface area contributed by atoms with E-state index in [1.54, 1.807) is 11.8 Å². The molecule has 0 bridgehead atoms. The predicted octanol–water partition coefficient (Wildman–Crippen LogP) is 3.68. The summed E-state index contributed by atoms with van der Waals surface area (Å²) >= 11 is 1.70. The lowest BCUT2D eigenvalue weighted by Gasteiger charge is -2.06. The maximum atomic E-state index is 5.54. The van der Waals surface area contributed by atoms with Crippen molar-refractivity contribution in [2.75, 3.05) is 12.2 Å². The van der Waals surface area contributed by atoms with E-state index < -0.39 is 0 Å². The summed E-state index contributed by atoms with van der Waals surface area (Å²) in [6, 6.07) is 14.8. The van der Waals surface area contributed by atoms with Crippen molar-refractivity contribution in [1.29, 1.82) is 0 Å². The van der Waals surface area contributed by atoms with Gasteiger partial charge in [-0.2, -0.15) is 0 Å². The Bertz CT molecular complexity index is 434. The van der Waals surface area contributed by atoms with Crippen LogP contribution >= 0.6 is 11.8 Å². The zero-order chi connectivity index (χ0) is 10.5. The van der Waals surface area contributed by atoms with Gasteiger partial charge in [0.1, 0.15) is 0 Å². The minimum Gasteiger partial charge on any atom is -0.366 e. The van der Waals surface area contributed by atoms with Crippen LogP contribution in [0.15, 0.2) is 42.5 Å². The first-order valence-electron chi connectivity index (χ1n) is 4.95. The Kier molecular flexibility index (Phi) is 3.64. The zero-order valence-electron chi connectivity index (χ0n) is 8.77. The first-order valence-corrected chi connectivity index (χ1v) is 6.34. The van der Waals surface area contributed by atoms with Gasteiger partial charge < -0.3 is 4.74 Å². The average Bonchev–Trinajstić information content (AvgIpc) is 2.30. The van der Waals surface area contributed by atoms with E-state index >= 15 is 0 Å². The monoisotopic (exact) mass is 218 g/mol. The molecule has 0 N–H and O–H groups in total. The van der Waals surface area contributed by atoms with Crippen LogP contribution in [-0.2, 0) is 11.3 Å². The highest BCUT2D eigenvalue weighted by Gasteiger charge is 1.99. The second-order valence-corrected chi connectivity index (χ2v) is 4.21. The average molecular weight is 218 g/mol. The van der Waals surface area contributed by atoms with E-state index in [-0.39, 0.29) is 0 Å². The molecular formula is C13H14OS. The van der Waals surface area contributed by atoms with Gasteiger partial charge in [0, 0.05) is 0 Å². The molecule has 2 heteroatoms. The summed E-state index contributed by atoms with van der Waals surface area (Å²) in [4.78, 5) is 0. The van der Waals surface area contributed by atoms with Gasteiger partial charge in [-0.3, -0.25) is 0 Å². The number of thioether (sulfide) groups is 1. The number of hydrogen-bond acceptors (Lipinski definition) is 2. The van der Waals surface area contributed by atoms with Gasteiger partial charge in [0.2, 0.25) is 0 Å². The van der Waals surface area contributed by atoms with Gasteiger partial charge in [-0.1, -0.05) is 42.5 Å². The van der Waals surface area contributed by atoms with Crippen molar-refractivity contribution >= 4 is 22.5 Å². The standard InChI is InChI=1S/C13H14OS/c1-15-10-14-9-12-7-4-6-11-5-2-3-8-13(11)12/h2-8H,9-10H2,1H3. The lowest BCUT2D eigenvalue weighted by atomic mass is 10.1. The molecule has 0 spiro atoms. The van der Waals surface area contributed by atoms with Crippen LogP contribution in [0.2, 0.25) is 0 Å². The van der Waals surface area contributed by atoms with E-state index in [4.69, 9.17) is 4.74 Å². The van der Waals surface area contributed by atoms with Gasteiger partial charge in [0.25, 0.3) is 0 Å². The van der Waals surface area contributed by atoms with Crippen LogP contribution in [0.3, 0.4) is 0 Å². The van der Waals surface area contributed by atoms with Gasteiger partial charge in [-0.25, -0.2) is 0 Å². The maximum Gasteiger partial charge on any atom is 0.0922 e. The highest BCUT2D eigenvalue weighted by molar-refractivity contribution is 7.98. The zero-order valence-corrected chi connectivity index (χ0v) is 9.59. The van der Waals surface area contributed by atoms with Crippen molar-refractivity contribution in [2.45, 2.75) is 6.61 Å². The van der Waals surface area contributed by atoms with Crippen LogP contribution in [0, 0.1) is 0 Å². The fourth-order valence-corrected chi connectivity index (χ4v) is 1.90. The Morgan fingerprint density at radius 1 is 1.07 bits per heavy atom. The third kappa shape index (κ3) is 2.52. The quantitative estimate of drug-likeness (QED) is 0.572. The Morgan fingerprint density at radius 3 is 2.73 bits per heavy atom. The minimum absolute atomic E-state index is 0.697. The minimum atomic E-state index is 0.697. The van der Waals surface area contributed by atoms with Gasteiger partial charge in [0.15, 0.2) is 0 Å². The molecule has 15 heavy (non-hydrogen) atoms. The Labute approximate surface area is 94.4 Å². The molecule has 0 aliphatic carbocycles. The SMILES string of the molecule is CSCOCc1cccc2ccccc12. The van der Waals surface area contributed by atoms with E-state index in [1.807, 2.05) is 6.26 Å². The van der Waals surface area contributed by atoms with E-state index in [0.717, 1.165) is 5.94 Å². The fourth-order valence-electron chi connectivity index (χ4n) is 1.65. The van der Waals surface area contributed by atoms with Gasteiger partial charge in [0.05, 0.1) is 12.5 Å². The van der Waals surface area contributed by atoms with Gasteiger partial charge in [-0.15, -0.1) is 11.8 Å². The Balaban J connectivity index is 2.26. The Morgan fingerprint density at radius 2 is 1.87 bits per heavy atom. The number of benzene rings is 2. The van der Waals surface area contributed by atoms with E-state index in [9.17, 15) is 0 Å². The smallest absolute Gasteiger partial charge is 0.0922 e. The van der Waals surface area contributed by atoms with Crippen molar-refractivity contribution < 1.29 is 4.74 Å². The molecule has 78 valence electrons. The largest absolute Gasteiger partial charge is 0.366 e. The van der Waals surface area contributed by atoms with Crippen LogP contribution in [0.25, 0.3) is 10.8 Å².